The molecule has 0 amide bonds. The maximum atomic E-state index is 15.3. The molecule has 2 aliphatic rings. The lowest BCUT2D eigenvalue weighted by Gasteiger charge is -2.22. The minimum Gasteiger partial charge on any atom is -0.492 e. The number of ether oxygens (including phenoxy) is 5. The number of esters is 1. The van der Waals surface area contributed by atoms with Crippen molar-refractivity contribution >= 4 is 5.97 Å². The van der Waals surface area contributed by atoms with E-state index in [0.717, 1.165) is 17.7 Å². The molecule has 0 fully saturated rings. The van der Waals surface area contributed by atoms with E-state index in [-0.39, 0.29) is 35.2 Å². The fourth-order valence-electron chi connectivity index (χ4n) is 5.85. The van der Waals surface area contributed by atoms with E-state index in [1.807, 2.05) is 19.9 Å². The number of hydrogen-bond donors (Lipinski definition) is 0. The summed E-state index contributed by atoms with van der Waals surface area (Å²) in [5.41, 5.74) is 1.34. The number of benzene rings is 3. The maximum absolute atomic E-state index is 15.3. The Labute approximate surface area is 258 Å². The van der Waals surface area contributed by atoms with Crippen LogP contribution in [0, 0.1) is 17.5 Å². The lowest BCUT2D eigenvalue weighted by Crippen LogP contribution is -2.29. The van der Waals surface area contributed by atoms with Gasteiger partial charge in [-0.05, 0) is 44.9 Å². The van der Waals surface area contributed by atoms with Gasteiger partial charge in [0.25, 0.3) is 0 Å². The van der Waals surface area contributed by atoms with E-state index in [9.17, 15) is 4.79 Å². The molecule has 0 saturated carbocycles. The maximum Gasteiger partial charge on any atom is 0.306 e. The number of nitrogens with zero attached hydrogens (tertiary/aromatic N) is 2. The number of fused-ring (bicyclic) bond motifs is 2. The van der Waals surface area contributed by atoms with E-state index < -0.39 is 29.2 Å². The fraction of sp³-hybridized carbons (Fsp3) is 0.353. The molecule has 1 aliphatic carbocycles. The monoisotopic (exact) mass is 622 g/mol. The Morgan fingerprint density at radius 1 is 1.04 bits per heavy atom. The molecular weight excluding hydrogens is 589 g/mol. The summed E-state index contributed by atoms with van der Waals surface area (Å²) in [5, 5.41) is 4.22. The SMILES string of the molecule is COC(=O)C[C@@H]1COc2cc(O[C@@H]3CCc4c(Oc5cc(F)c(-c6cnn(CC(C)(C)OC)c6)c(F)c5)ccc(F)c43)ccc21. The number of carbonyl (C=O) groups excluding carboxylic acids is 1. The summed E-state index contributed by atoms with van der Waals surface area (Å²) in [7, 11) is 2.93. The molecule has 2 heterocycles. The van der Waals surface area contributed by atoms with Gasteiger partial charge in [-0.2, -0.15) is 5.10 Å². The summed E-state index contributed by atoms with van der Waals surface area (Å²) in [6.45, 7) is 4.52. The van der Waals surface area contributed by atoms with Gasteiger partial charge in [-0.15, -0.1) is 0 Å². The Kier molecular flexibility index (Phi) is 8.22. The standard InChI is InChI=1S/C34H33F3N2O6/c1-34(2,42-4)18-39-16-20(15-38-39)32-26(36)12-22(13-27(32)37)45-28-10-8-25(35)33-24(28)7-9-29(33)44-21-5-6-23-19(11-31(40)41-3)17-43-30(23)14-21/h5-6,8,10,12-16,19,29H,7,9,11,17-18H2,1-4H3/t19-,29-/m1/s1. The first-order valence-electron chi connectivity index (χ1n) is 14.6. The number of methoxy groups -OCH3 is 2. The summed E-state index contributed by atoms with van der Waals surface area (Å²) in [5.74, 6) is -1.19. The first kappa shape index (κ1) is 30.5. The zero-order valence-corrected chi connectivity index (χ0v) is 25.4. The Morgan fingerprint density at radius 2 is 1.82 bits per heavy atom. The molecule has 0 bridgehead atoms. The van der Waals surface area contributed by atoms with Crippen molar-refractivity contribution in [2.45, 2.75) is 57.3 Å². The molecule has 236 valence electrons. The number of rotatable bonds is 10. The third-order valence-electron chi connectivity index (χ3n) is 8.28. The van der Waals surface area contributed by atoms with Crippen LogP contribution in [0.4, 0.5) is 13.2 Å². The molecule has 0 saturated heterocycles. The van der Waals surface area contributed by atoms with Gasteiger partial charge in [-0.3, -0.25) is 9.48 Å². The number of halogens is 3. The van der Waals surface area contributed by atoms with E-state index >= 15 is 13.2 Å². The van der Waals surface area contributed by atoms with E-state index in [2.05, 4.69) is 5.10 Å². The van der Waals surface area contributed by atoms with Crippen LogP contribution in [0.15, 0.2) is 54.9 Å². The average molecular weight is 623 g/mol. The molecular formula is C34H33F3N2O6. The average Bonchev–Trinajstić information content (AvgIpc) is 3.74. The molecule has 1 aliphatic heterocycles. The second-order valence-corrected chi connectivity index (χ2v) is 11.8. The van der Waals surface area contributed by atoms with Gasteiger partial charge in [0, 0.05) is 59.7 Å². The molecule has 11 heteroatoms. The Bertz CT molecular complexity index is 1730. The van der Waals surface area contributed by atoms with Crippen LogP contribution in [0.3, 0.4) is 0 Å². The van der Waals surface area contributed by atoms with E-state index in [4.69, 9.17) is 23.7 Å². The molecule has 0 unspecified atom stereocenters. The number of aromatic nitrogens is 2. The first-order valence-corrected chi connectivity index (χ1v) is 14.6. The van der Waals surface area contributed by atoms with Crippen LogP contribution in [0.1, 0.15) is 55.4 Å². The summed E-state index contributed by atoms with van der Waals surface area (Å²) in [6.07, 6.45) is 3.47. The minimum atomic E-state index is -0.817. The molecule has 45 heavy (non-hydrogen) atoms. The van der Waals surface area contributed by atoms with Gasteiger partial charge >= 0.3 is 5.97 Å². The molecule has 8 nitrogen and oxygen atoms in total. The Morgan fingerprint density at radius 3 is 2.56 bits per heavy atom. The zero-order chi connectivity index (χ0) is 31.9. The summed E-state index contributed by atoms with van der Waals surface area (Å²) in [6, 6.07) is 10.3. The van der Waals surface area contributed by atoms with E-state index in [1.165, 1.54) is 25.4 Å². The lowest BCUT2D eigenvalue weighted by atomic mass is 9.98. The highest BCUT2D eigenvalue weighted by Gasteiger charge is 2.32. The minimum absolute atomic E-state index is 0.0582. The van der Waals surface area contributed by atoms with Crippen LogP contribution < -0.4 is 14.2 Å². The van der Waals surface area contributed by atoms with Crippen molar-refractivity contribution in [3.05, 3.63) is 89.0 Å². The van der Waals surface area contributed by atoms with Crippen LogP contribution in [0.2, 0.25) is 0 Å². The lowest BCUT2D eigenvalue weighted by molar-refractivity contribution is -0.141. The van der Waals surface area contributed by atoms with Crippen molar-refractivity contribution in [1.82, 2.24) is 9.78 Å². The summed E-state index contributed by atoms with van der Waals surface area (Å²) in [4.78, 5) is 11.7. The molecule has 0 radical (unpaired) electrons. The van der Waals surface area contributed by atoms with Gasteiger partial charge in [0.1, 0.15) is 46.6 Å². The van der Waals surface area contributed by atoms with Crippen molar-refractivity contribution in [2.24, 2.45) is 0 Å². The highest BCUT2D eigenvalue weighted by atomic mass is 19.1. The zero-order valence-electron chi connectivity index (χ0n) is 25.4. The molecule has 3 aromatic carbocycles. The van der Waals surface area contributed by atoms with Crippen LogP contribution >= 0.6 is 0 Å². The molecule has 0 N–H and O–H groups in total. The predicted molar refractivity (Wildman–Crippen MR) is 158 cm³/mol. The van der Waals surface area contributed by atoms with Crippen LogP contribution in [0.5, 0.6) is 23.0 Å². The molecule has 1 aromatic heterocycles. The van der Waals surface area contributed by atoms with E-state index in [0.29, 0.717) is 54.4 Å². The van der Waals surface area contributed by atoms with Crippen LogP contribution in [0.25, 0.3) is 11.1 Å². The summed E-state index contributed by atoms with van der Waals surface area (Å²) < 4.78 is 75.3. The Balaban J connectivity index is 1.19. The van der Waals surface area contributed by atoms with Crippen LogP contribution in [-0.2, 0) is 27.2 Å². The number of carbonyl (C=O) groups is 1. The third-order valence-corrected chi connectivity index (χ3v) is 8.28. The van der Waals surface area contributed by atoms with E-state index in [1.54, 1.807) is 30.1 Å². The molecule has 4 aromatic rings. The van der Waals surface area contributed by atoms with Gasteiger partial charge in [0.15, 0.2) is 0 Å². The summed E-state index contributed by atoms with van der Waals surface area (Å²) >= 11 is 0. The van der Waals surface area contributed by atoms with Crippen molar-refractivity contribution in [3.63, 3.8) is 0 Å². The van der Waals surface area contributed by atoms with Crippen LogP contribution in [-0.4, -0.2) is 42.2 Å². The molecule has 0 spiro atoms. The smallest absolute Gasteiger partial charge is 0.306 e. The first-order chi connectivity index (χ1) is 21.5. The van der Waals surface area contributed by atoms with Gasteiger partial charge in [-0.25, -0.2) is 13.2 Å². The van der Waals surface area contributed by atoms with Crippen molar-refractivity contribution in [3.8, 4) is 34.1 Å². The van der Waals surface area contributed by atoms with Gasteiger partial charge < -0.3 is 23.7 Å². The van der Waals surface area contributed by atoms with Gasteiger partial charge in [0.05, 0.1) is 44.0 Å². The number of hydrogen-bond acceptors (Lipinski definition) is 7. The second kappa shape index (κ2) is 12.1. The van der Waals surface area contributed by atoms with Crippen molar-refractivity contribution < 1.29 is 41.7 Å². The highest BCUT2D eigenvalue weighted by Crippen LogP contribution is 2.45. The normalized spacial score (nSPS) is 17.0. The van der Waals surface area contributed by atoms with Crippen molar-refractivity contribution in [1.29, 1.82) is 0 Å². The largest absolute Gasteiger partial charge is 0.492 e. The van der Waals surface area contributed by atoms with Crippen molar-refractivity contribution in [2.75, 3.05) is 20.8 Å². The Hall–Kier alpha value is -4.51. The predicted octanol–water partition coefficient (Wildman–Crippen LogP) is 7.29. The second-order valence-electron chi connectivity index (χ2n) is 11.8. The van der Waals surface area contributed by atoms with Gasteiger partial charge in [0.2, 0.25) is 0 Å². The topological polar surface area (TPSA) is 81.0 Å². The highest BCUT2D eigenvalue weighted by molar-refractivity contribution is 5.71. The molecule has 2 atom stereocenters. The quantitative estimate of drug-likeness (QED) is 0.172. The molecule has 6 rings (SSSR count). The van der Waals surface area contributed by atoms with Gasteiger partial charge in [-0.1, -0.05) is 6.07 Å². The fourth-order valence-corrected chi connectivity index (χ4v) is 5.85. The third kappa shape index (κ3) is 6.22.